The van der Waals surface area contributed by atoms with E-state index in [4.69, 9.17) is 0 Å². The lowest BCUT2D eigenvalue weighted by Gasteiger charge is -2.44. The zero-order chi connectivity index (χ0) is 20.8. The molecule has 2 fully saturated rings. The Morgan fingerprint density at radius 2 is 1.87 bits per heavy atom. The van der Waals surface area contributed by atoms with Crippen molar-refractivity contribution < 1.29 is 4.79 Å². The maximum Gasteiger partial charge on any atom is 0.222 e. The van der Waals surface area contributed by atoms with Crippen LogP contribution in [0.25, 0.3) is 0 Å². The van der Waals surface area contributed by atoms with E-state index < -0.39 is 0 Å². The number of aromatic nitrogens is 3. The van der Waals surface area contributed by atoms with Gasteiger partial charge in [-0.05, 0) is 38.2 Å². The van der Waals surface area contributed by atoms with Gasteiger partial charge in [-0.1, -0.05) is 49.1 Å². The highest BCUT2D eigenvalue weighted by atomic mass is 16.1. The molecular formula is C24H35N5O. The Morgan fingerprint density at radius 3 is 2.53 bits per heavy atom. The molecule has 1 aliphatic heterocycles. The van der Waals surface area contributed by atoms with Crippen molar-refractivity contribution in [1.82, 2.24) is 25.0 Å². The quantitative estimate of drug-likeness (QED) is 0.761. The average molecular weight is 410 g/mol. The van der Waals surface area contributed by atoms with Crippen LogP contribution in [0, 0.1) is 6.92 Å². The minimum Gasteiger partial charge on any atom is -0.353 e. The number of hydrogen-bond donors (Lipinski definition) is 1. The van der Waals surface area contributed by atoms with Gasteiger partial charge in [0.15, 0.2) is 0 Å². The number of nitrogens with one attached hydrogen (secondary N) is 1. The standard InChI is InChI=1S/C24H35N5O/c1-20-5-7-21(8-6-20)24(12-3-2-4-13-24)17-28-14-9-22(10-15-28)27-23(30)11-16-29-19-25-18-26-29/h5-8,18-19,22H,2-4,9-17H2,1H3,(H,27,30). The van der Waals surface area contributed by atoms with Crippen LogP contribution in [-0.2, 0) is 16.8 Å². The molecule has 1 saturated heterocycles. The van der Waals surface area contributed by atoms with Gasteiger partial charge in [0.05, 0.1) is 6.54 Å². The summed E-state index contributed by atoms with van der Waals surface area (Å²) in [6.07, 6.45) is 12.3. The summed E-state index contributed by atoms with van der Waals surface area (Å²) in [6.45, 7) is 6.05. The lowest BCUT2D eigenvalue weighted by atomic mass is 9.69. The van der Waals surface area contributed by atoms with Crippen molar-refractivity contribution in [3.8, 4) is 0 Å². The van der Waals surface area contributed by atoms with Gasteiger partial charge < -0.3 is 10.2 Å². The summed E-state index contributed by atoms with van der Waals surface area (Å²) in [5, 5.41) is 7.28. The third-order valence-electron chi connectivity index (χ3n) is 6.99. The van der Waals surface area contributed by atoms with E-state index >= 15 is 0 Å². The lowest BCUT2D eigenvalue weighted by molar-refractivity contribution is -0.122. The van der Waals surface area contributed by atoms with Crippen LogP contribution in [0.5, 0.6) is 0 Å². The number of piperidine rings is 1. The molecule has 1 N–H and O–H groups in total. The summed E-state index contributed by atoms with van der Waals surface area (Å²) in [4.78, 5) is 18.8. The second kappa shape index (κ2) is 9.73. The SMILES string of the molecule is Cc1ccc(C2(CN3CCC(NC(=O)CCn4cncn4)CC3)CCCCC2)cc1. The maximum atomic E-state index is 12.3. The van der Waals surface area contributed by atoms with E-state index in [1.54, 1.807) is 11.0 Å². The first-order chi connectivity index (χ1) is 14.6. The first kappa shape index (κ1) is 21.0. The molecule has 0 unspecified atom stereocenters. The summed E-state index contributed by atoms with van der Waals surface area (Å²) in [7, 11) is 0. The molecule has 1 amide bonds. The van der Waals surface area contributed by atoms with E-state index in [2.05, 4.69) is 51.5 Å². The summed E-state index contributed by atoms with van der Waals surface area (Å²) >= 11 is 0. The Bertz CT molecular complexity index is 788. The van der Waals surface area contributed by atoms with Crippen LogP contribution in [0.4, 0.5) is 0 Å². The molecule has 0 radical (unpaired) electrons. The molecule has 2 aliphatic rings. The van der Waals surface area contributed by atoms with E-state index in [-0.39, 0.29) is 5.91 Å². The van der Waals surface area contributed by atoms with Crippen molar-refractivity contribution in [2.24, 2.45) is 0 Å². The fourth-order valence-corrected chi connectivity index (χ4v) is 5.20. The number of rotatable bonds is 7. The molecule has 30 heavy (non-hydrogen) atoms. The van der Waals surface area contributed by atoms with Crippen molar-refractivity contribution in [1.29, 1.82) is 0 Å². The normalized spacial score (nSPS) is 20.2. The van der Waals surface area contributed by atoms with Gasteiger partial charge in [-0.3, -0.25) is 9.48 Å². The predicted octanol–water partition coefficient (Wildman–Crippen LogP) is 3.46. The van der Waals surface area contributed by atoms with Crippen LogP contribution >= 0.6 is 0 Å². The third kappa shape index (κ3) is 5.28. The molecule has 1 aliphatic carbocycles. The second-order valence-electron chi connectivity index (χ2n) is 9.23. The van der Waals surface area contributed by atoms with Crippen LogP contribution in [0.2, 0.25) is 0 Å². The van der Waals surface area contributed by atoms with Crippen LogP contribution in [0.15, 0.2) is 36.9 Å². The Kier molecular flexibility index (Phi) is 6.82. The van der Waals surface area contributed by atoms with E-state index in [0.717, 1.165) is 32.5 Å². The van der Waals surface area contributed by atoms with Gasteiger partial charge >= 0.3 is 0 Å². The molecule has 2 aromatic rings. The molecule has 6 nitrogen and oxygen atoms in total. The molecular weight excluding hydrogens is 374 g/mol. The zero-order valence-electron chi connectivity index (χ0n) is 18.2. The number of carbonyl (C=O) groups is 1. The average Bonchev–Trinajstić information content (AvgIpc) is 3.29. The van der Waals surface area contributed by atoms with E-state index in [1.165, 1.54) is 49.6 Å². The fraction of sp³-hybridized carbons (Fsp3) is 0.625. The number of likely N-dealkylation sites (tertiary alicyclic amines) is 1. The van der Waals surface area contributed by atoms with Gasteiger partial charge in [-0.2, -0.15) is 5.10 Å². The monoisotopic (exact) mass is 409 g/mol. The number of nitrogens with zero attached hydrogens (tertiary/aromatic N) is 4. The van der Waals surface area contributed by atoms with Gasteiger partial charge in [0, 0.05) is 37.5 Å². The summed E-state index contributed by atoms with van der Waals surface area (Å²) in [5.41, 5.74) is 3.17. The van der Waals surface area contributed by atoms with Gasteiger partial charge in [0.25, 0.3) is 0 Å². The van der Waals surface area contributed by atoms with Crippen LogP contribution in [0.3, 0.4) is 0 Å². The van der Waals surface area contributed by atoms with Crippen LogP contribution < -0.4 is 5.32 Å². The summed E-state index contributed by atoms with van der Waals surface area (Å²) in [5.74, 6) is 0.118. The van der Waals surface area contributed by atoms with Crippen molar-refractivity contribution in [3.05, 3.63) is 48.0 Å². The lowest BCUT2D eigenvalue weighted by Crippen LogP contribution is -2.49. The van der Waals surface area contributed by atoms with Gasteiger partial charge in [-0.15, -0.1) is 0 Å². The van der Waals surface area contributed by atoms with Gasteiger partial charge in [0.2, 0.25) is 5.91 Å². The smallest absolute Gasteiger partial charge is 0.222 e. The topological polar surface area (TPSA) is 63.1 Å². The number of carbonyl (C=O) groups excluding carboxylic acids is 1. The molecule has 0 bridgehead atoms. The van der Waals surface area contributed by atoms with Crippen molar-refractivity contribution in [2.75, 3.05) is 19.6 Å². The van der Waals surface area contributed by atoms with Gasteiger partial charge in [-0.25, -0.2) is 4.98 Å². The Labute approximate surface area is 180 Å². The number of hydrogen-bond acceptors (Lipinski definition) is 4. The molecule has 1 aromatic heterocycles. The highest BCUT2D eigenvalue weighted by Gasteiger charge is 2.36. The predicted molar refractivity (Wildman–Crippen MR) is 118 cm³/mol. The molecule has 0 atom stereocenters. The Morgan fingerprint density at radius 1 is 1.13 bits per heavy atom. The number of amides is 1. The minimum absolute atomic E-state index is 0.118. The van der Waals surface area contributed by atoms with Crippen LogP contribution in [0.1, 0.15) is 62.5 Å². The van der Waals surface area contributed by atoms with E-state index in [1.807, 2.05) is 0 Å². The largest absolute Gasteiger partial charge is 0.353 e. The first-order valence-corrected chi connectivity index (χ1v) is 11.5. The highest BCUT2D eigenvalue weighted by molar-refractivity contribution is 5.76. The molecule has 1 aromatic carbocycles. The van der Waals surface area contributed by atoms with Crippen LogP contribution in [-0.4, -0.2) is 51.2 Å². The first-order valence-electron chi connectivity index (χ1n) is 11.5. The summed E-state index contributed by atoms with van der Waals surface area (Å²) in [6, 6.07) is 9.57. The Balaban J connectivity index is 1.28. The van der Waals surface area contributed by atoms with Crippen molar-refractivity contribution in [2.45, 2.75) is 76.3 Å². The third-order valence-corrected chi connectivity index (χ3v) is 6.99. The molecule has 6 heteroatoms. The maximum absolute atomic E-state index is 12.3. The van der Waals surface area contributed by atoms with Crippen molar-refractivity contribution >= 4 is 5.91 Å². The van der Waals surface area contributed by atoms with E-state index in [0.29, 0.717) is 24.4 Å². The van der Waals surface area contributed by atoms with E-state index in [9.17, 15) is 4.79 Å². The zero-order valence-corrected chi connectivity index (χ0v) is 18.2. The van der Waals surface area contributed by atoms with Crippen molar-refractivity contribution in [3.63, 3.8) is 0 Å². The highest BCUT2D eigenvalue weighted by Crippen LogP contribution is 2.40. The second-order valence-corrected chi connectivity index (χ2v) is 9.23. The molecule has 2 heterocycles. The molecule has 162 valence electrons. The Hall–Kier alpha value is -2.21. The molecule has 4 rings (SSSR count). The molecule has 0 spiro atoms. The minimum atomic E-state index is 0.118. The number of benzene rings is 1. The summed E-state index contributed by atoms with van der Waals surface area (Å²) < 4.78 is 1.71. The fourth-order valence-electron chi connectivity index (χ4n) is 5.20. The molecule has 1 saturated carbocycles. The number of aryl methyl sites for hydroxylation is 2. The van der Waals surface area contributed by atoms with Gasteiger partial charge in [0.1, 0.15) is 12.7 Å².